The van der Waals surface area contributed by atoms with Crippen LogP contribution in [0.3, 0.4) is 0 Å². The Balaban J connectivity index is 1.83. The van der Waals surface area contributed by atoms with E-state index in [1.807, 2.05) is 23.0 Å². The maximum atomic E-state index is 12.8. The molecule has 0 unspecified atom stereocenters. The highest BCUT2D eigenvalue weighted by atomic mass is 19.1. The Morgan fingerprint density at radius 2 is 2.00 bits per heavy atom. The van der Waals surface area contributed by atoms with Gasteiger partial charge in [-0.2, -0.15) is 0 Å². The van der Waals surface area contributed by atoms with Crippen LogP contribution < -0.4 is 10.6 Å². The Kier molecular flexibility index (Phi) is 5.51. The largest absolute Gasteiger partial charge is 0.345 e. The predicted octanol–water partition coefficient (Wildman–Crippen LogP) is 2.77. The number of halogens is 1. The first-order chi connectivity index (χ1) is 10.2. The molecule has 1 amide bonds. The van der Waals surface area contributed by atoms with Gasteiger partial charge in [0.15, 0.2) is 0 Å². The van der Waals surface area contributed by atoms with Crippen molar-refractivity contribution in [2.24, 2.45) is 0 Å². The minimum Gasteiger partial charge on any atom is -0.345 e. The van der Waals surface area contributed by atoms with Crippen LogP contribution in [-0.4, -0.2) is 17.0 Å². The molecule has 0 saturated carbocycles. The van der Waals surface area contributed by atoms with Gasteiger partial charge < -0.3 is 15.2 Å². The van der Waals surface area contributed by atoms with Gasteiger partial charge in [0.05, 0.1) is 0 Å². The van der Waals surface area contributed by atoms with Crippen LogP contribution in [0.5, 0.6) is 0 Å². The van der Waals surface area contributed by atoms with Crippen molar-refractivity contribution in [1.29, 1.82) is 0 Å². The number of amides is 1. The molecule has 1 aromatic heterocycles. The van der Waals surface area contributed by atoms with Crippen molar-refractivity contribution < 1.29 is 9.18 Å². The molecule has 5 heteroatoms. The molecule has 0 aliphatic carbocycles. The SMILES string of the molecule is CCCNCc1ccn(CC(=O)Nc2ccc(F)cc2)c1. The summed E-state index contributed by atoms with van der Waals surface area (Å²) >= 11 is 0. The minimum atomic E-state index is -0.317. The van der Waals surface area contributed by atoms with Crippen molar-refractivity contribution in [3.8, 4) is 0 Å². The quantitative estimate of drug-likeness (QED) is 0.770. The molecule has 0 aliphatic rings. The number of rotatable bonds is 7. The average Bonchev–Trinajstić information content (AvgIpc) is 2.89. The molecule has 2 rings (SSSR count). The van der Waals surface area contributed by atoms with Crippen LogP contribution in [0.1, 0.15) is 18.9 Å². The van der Waals surface area contributed by atoms with Crippen LogP contribution >= 0.6 is 0 Å². The second kappa shape index (κ2) is 7.59. The first-order valence-electron chi connectivity index (χ1n) is 7.08. The van der Waals surface area contributed by atoms with Crippen molar-refractivity contribution in [2.45, 2.75) is 26.4 Å². The predicted molar refractivity (Wildman–Crippen MR) is 81.5 cm³/mol. The van der Waals surface area contributed by atoms with Gasteiger partial charge in [-0.05, 0) is 48.9 Å². The maximum Gasteiger partial charge on any atom is 0.244 e. The van der Waals surface area contributed by atoms with E-state index in [0.29, 0.717) is 5.69 Å². The van der Waals surface area contributed by atoms with Gasteiger partial charge in [-0.3, -0.25) is 4.79 Å². The molecule has 0 saturated heterocycles. The molecule has 4 nitrogen and oxygen atoms in total. The Labute approximate surface area is 124 Å². The molecule has 0 spiro atoms. The molecule has 0 fully saturated rings. The van der Waals surface area contributed by atoms with Gasteiger partial charge in [0.1, 0.15) is 12.4 Å². The number of aromatic nitrogens is 1. The third kappa shape index (κ3) is 5.04. The van der Waals surface area contributed by atoms with Crippen molar-refractivity contribution in [3.05, 3.63) is 54.1 Å². The normalized spacial score (nSPS) is 10.6. The Hall–Kier alpha value is -2.14. The van der Waals surface area contributed by atoms with Crippen LogP contribution in [0.15, 0.2) is 42.7 Å². The number of nitrogens with one attached hydrogen (secondary N) is 2. The van der Waals surface area contributed by atoms with Gasteiger partial charge in [0.2, 0.25) is 5.91 Å². The van der Waals surface area contributed by atoms with Gasteiger partial charge in [-0.25, -0.2) is 4.39 Å². The molecule has 21 heavy (non-hydrogen) atoms. The topological polar surface area (TPSA) is 46.1 Å². The summed E-state index contributed by atoms with van der Waals surface area (Å²) in [6.07, 6.45) is 4.93. The summed E-state index contributed by atoms with van der Waals surface area (Å²) in [5, 5.41) is 6.05. The molecular formula is C16H20FN3O. The van der Waals surface area contributed by atoms with Crippen molar-refractivity contribution in [2.75, 3.05) is 11.9 Å². The summed E-state index contributed by atoms with van der Waals surface area (Å²) in [7, 11) is 0. The van der Waals surface area contributed by atoms with E-state index in [9.17, 15) is 9.18 Å². The van der Waals surface area contributed by atoms with Crippen LogP contribution in [-0.2, 0) is 17.9 Å². The Morgan fingerprint density at radius 1 is 1.24 bits per heavy atom. The van der Waals surface area contributed by atoms with E-state index < -0.39 is 0 Å². The molecular weight excluding hydrogens is 269 g/mol. The highest BCUT2D eigenvalue weighted by Gasteiger charge is 2.04. The first-order valence-corrected chi connectivity index (χ1v) is 7.08. The molecule has 2 N–H and O–H groups in total. The highest BCUT2D eigenvalue weighted by Crippen LogP contribution is 2.08. The number of carbonyl (C=O) groups is 1. The summed E-state index contributed by atoms with van der Waals surface area (Å²) in [5.41, 5.74) is 1.75. The number of hydrogen-bond donors (Lipinski definition) is 2. The molecule has 1 aromatic carbocycles. The summed E-state index contributed by atoms with van der Waals surface area (Å²) in [6, 6.07) is 7.73. The molecule has 0 atom stereocenters. The van der Waals surface area contributed by atoms with Crippen LogP contribution in [0.4, 0.5) is 10.1 Å². The number of benzene rings is 1. The standard InChI is InChI=1S/C16H20FN3O/c1-2-8-18-10-13-7-9-20(11-13)12-16(21)19-15-5-3-14(17)4-6-15/h3-7,9,11,18H,2,8,10,12H2,1H3,(H,19,21). The smallest absolute Gasteiger partial charge is 0.244 e. The lowest BCUT2D eigenvalue weighted by atomic mass is 10.3. The van der Waals surface area contributed by atoms with Gasteiger partial charge in [0, 0.05) is 24.6 Å². The second-order valence-corrected chi connectivity index (χ2v) is 4.92. The fourth-order valence-electron chi connectivity index (χ4n) is 2.00. The van der Waals surface area contributed by atoms with Crippen LogP contribution in [0.25, 0.3) is 0 Å². The number of anilines is 1. The molecule has 1 heterocycles. The van der Waals surface area contributed by atoms with E-state index in [4.69, 9.17) is 0 Å². The summed E-state index contributed by atoms with van der Waals surface area (Å²) in [6.45, 7) is 4.15. The molecule has 0 bridgehead atoms. The zero-order valence-corrected chi connectivity index (χ0v) is 12.1. The summed E-state index contributed by atoms with van der Waals surface area (Å²) < 4.78 is 14.6. The molecule has 0 radical (unpaired) electrons. The third-order valence-corrected chi connectivity index (χ3v) is 3.02. The fraction of sp³-hybridized carbons (Fsp3) is 0.312. The average molecular weight is 289 g/mol. The second-order valence-electron chi connectivity index (χ2n) is 4.92. The number of hydrogen-bond acceptors (Lipinski definition) is 2. The van der Waals surface area contributed by atoms with E-state index in [2.05, 4.69) is 17.6 Å². The minimum absolute atomic E-state index is 0.134. The van der Waals surface area contributed by atoms with E-state index in [1.165, 1.54) is 12.1 Å². The van der Waals surface area contributed by atoms with Gasteiger partial charge in [0.25, 0.3) is 0 Å². The maximum absolute atomic E-state index is 12.8. The van der Waals surface area contributed by atoms with Crippen molar-refractivity contribution in [3.63, 3.8) is 0 Å². The lowest BCUT2D eigenvalue weighted by Crippen LogP contribution is -2.18. The Morgan fingerprint density at radius 3 is 2.71 bits per heavy atom. The fourth-order valence-corrected chi connectivity index (χ4v) is 2.00. The van der Waals surface area contributed by atoms with Gasteiger partial charge >= 0.3 is 0 Å². The molecule has 2 aromatic rings. The first kappa shape index (κ1) is 15.3. The lowest BCUT2D eigenvalue weighted by molar-refractivity contribution is -0.116. The van der Waals surface area contributed by atoms with E-state index in [0.717, 1.165) is 25.1 Å². The summed E-state index contributed by atoms with van der Waals surface area (Å²) in [4.78, 5) is 11.9. The van der Waals surface area contributed by atoms with E-state index in [1.54, 1.807) is 12.1 Å². The lowest BCUT2D eigenvalue weighted by Gasteiger charge is -2.06. The zero-order chi connectivity index (χ0) is 15.1. The third-order valence-electron chi connectivity index (χ3n) is 3.02. The van der Waals surface area contributed by atoms with Crippen LogP contribution in [0.2, 0.25) is 0 Å². The van der Waals surface area contributed by atoms with E-state index >= 15 is 0 Å². The Bertz CT molecular complexity index is 577. The molecule has 0 aliphatic heterocycles. The van der Waals surface area contributed by atoms with Gasteiger partial charge in [-0.15, -0.1) is 0 Å². The van der Waals surface area contributed by atoms with Crippen LogP contribution in [0, 0.1) is 5.82 Å². The van der Waals surface area contributed by atoms with Crippen molar-refractivity contribution in [1.82, 2.24) is 9.88 Å². The monoisotopic (exact) mass is 289 g/mol. The zero-order valence-electron chi connectivity index (χ0n) is 12.1. The molecule has 112 valence electrons. The van der Waals surface area contributed by atoms with Crippen molar-refractivity contribution >= 4 is 11.6 Å². The van der Waals surface area contributed by atoms with E-state index in [-0.39, 0.29) is 18.3 Å². The van der Waals surface area contributed by atoms with Gasteiger partial charge in [-0.1, -0.05) is 6.92 Å². The number of carbonyl (C=O) groups excluding carboxylic acids is 1. The summed E-state index contributed by atoms with van der Waals surface area (Å²) in [5.74, 6) is -0.451. The number of nitrogens with zero attached hydrogens (tertiary/aromatic N) is 1. The highest BCUT2D eigenvalue weighted by molar-refractivity contribution is 5.90.